The van der Waals surface area contributed by atoms with Crippen molar-refractivity contribution >= 4 is 49.7 Å². The summed E-state index contributed by atoms with van der Waals surface area (Å²) in [5, 5.41) is 3.45. The first-order valence-corrected chi connectivity index (χ1v) is 11.0. The number of para-hydroxylation sites is 1. The number of nitrogens with zero attached hydrogens (tertiary/aromatic N) is 1. The van der Waals surface area contributed by atoms with Gasteiger partial charge in [-0.15, -0.1) is 0 Å². The van der Waals surface area contributed by atoms with Crippen LogP contribution in [-0.4, -0.2) is 19.3 Å². The largest absolute Gasteiger partial charge is 0.321 e. The number of hydrogen-bond donors (Lipinski definition) is 2. The van der Waals surface area contributed by atoms with Gasteiger partial charge in [-0.2, -0.15) is 0 Å². The predicted molar refractivity (Wildman–Crippen MR) is 113 cm³/mol. The van der Waals surface area contributed by atoms with Gasteiger partial charge >= 0.3 is 0 Å². The minimum absolute atomic E-state index is 0.0614. The molecule has 3 rings (SSSR count). The number of nitrogens with one attached hydrogen (secondary N) is 2. The van der Waals surface area contributed by atoms with Crippen molar-refractivity contribution in [1.82, 2.24) is 4.98 Å². The number of halogens is 1. The third-order valence-electron chi connectivity index (χ3n) is 4.07. The Morgan fingerprint density at radius 2 is 1.64 bits per heavy atom. The Kier molecular flexibility index (Phi) is 5.74. The molecule has 0 saturated heterocycles. The van der Waals surface area contributed by atoms with Gasteiger partial charge in [0, 0.05) is 10.7 Å². The van der Waals surface area contributed by atoms with Crippen LogP contribution < -0.4 is 10.0 Å². The van der Waals surface area contributed by atoms with Gasteiger partial charge in [0.05, 0.1) is 10.6 Å². The molecule has 2 N–H and O–H groups in total. The van der Waals surface area contributed by atoms with Gasteiger partial charge in [0.1, 0.15) is 4.88 Å². The van der Waals surface area contributed by atoms with E-state index >= 15 is 0 Å². The maximum atomic E-state index is 12.7. The minimum Gasteiger partial charge on any atom is -0.321 e. The fourth-order valence-electron chi connectivity index (χ4n) is 2.62. The highest BCUT2D eigenvalue weighted by molar-refractivity contribution is 7.93. The van der Waals surface area contributed by atoms with Gasteiger partial charge in [0.25, 0.3) is 15.9 Å². The van der Waals surface area contributed by atoms with Crippen molar-refractivity contribution in [2.24, 2.45) is 0 Å². The summed E-state index contributed by atoms with van der Waals surface area (Å²) in [4.78, 5) is 17.3. The number of carbonyl (C=O) groups is 1. The van der Waals surface area contributed by atoms with E-state index in [-0.39, 0.29) is 15.9 Å². The summed E-state index contributed by atoms with van der Waals surface area (Å²) in [7, 11) is -3.82. The van der Waals surface area contributed by atoms with Gasteiger partial charge in [-0.3, -0.25) is 9.52 Å². The molecule has 0 radical (unpaired) electrons. The third kappa shape index (κ3) is 4.35. The highest BCUT2D eigenvalue weighted by Gasteiger charge is 2.21. The monoisotopic (exact) mass is 435 g/mol. The molecule has 9 heteroatoms. The van der Waals surface area contributed by atoms with E-state index in [4.69, 9.17) is 11.6 Å². The van der Waals surface area contributed by atoms with E-state index in [1.165, 1.54) is 24.3 Å². The smallest absolute Gasteiger partial charge is 0.267 e. The highest BCUT2D eigenvalue weighted by Crippen LogP contribution is 2.27. The molecule has 0 spiro atoms. The lowest BCUT2D eigenvalue weighted by molar-refractivity contribution is 0.102. The lowest BCUT2D eigenvalue weighted by Gasteiger charge is -2.10. The summed E-state index contributed by atoms with van der Waals surface area (Å²) >= 11 is 6.78. The number of carbonyl (C=O) groups excluding carboxylic acids is 1. The highest BCUT2D eigenvalue weighted by atomic mass is 35.5. The van der Waals surface area contributed by atoms with E-state index < -0.39 is 10.0 Å². The van der Waals surface area contributed by atoms with Crippen molar-refractivity contribution in [3.05, 3.63) is 69.2 Å². The standard InChI is InChI=1S/C19H18ClN3O3S2/c1-11-5-4-6-12(2)16(11)22-18(24)17-13(3)21-19(27-17)23-28(25,26)15-9-7-14(20)8-10-15/h4-10H,1-3H3,(H,21,23)(H,22,24). The van der Waals surface area contributed by atoms with Crippen molar-refractivity contribution in [3.8, 4) is 0 Å². The fraction of sp³-hybridized carbons (Fsp3) is 0.158. The zero-order valence-electron chi connectivity index (χ0n) is 15.4. The number of sulfonamides is 1. The SMILES string of the molecule is Cc1cccc(C)c1NC(=O)c1sc(NS(=O)(=O)c2ccc(Cl)cc2)nc1C. The lowest BCUT2D eigenvalue weighted by atomic mass is 10.1. The van der Waals surface area contributed by atoms with E-state index in [1.807, 2.05) is 32.0 Å². The molecule has 0 saturated carbocycles. The van der Waals surface area contributed by atoms with Crippen LogP contribution in [0.4, 0.5) is 10.8 Å². The Hall–Kier alpha value is -2.42. The molecule has 28 heavy (non-hydrogen) atoms. The molecular formula is C19H18ClN3O3S2. The molecule has 0 unspecified atom stereocenters. The Labute approximate surface area is 172 Å². The molecular weight excluding hydrogens is 418 g/mol. The molecule has 0 fully saturated rings. The average Bonchev–Trinajstić information content (AvgIpc) is 2.98. The van der Waals surface area contributed by atoms with Gasteiger partial charge in [-0.05, 0) is 56.2 Å². The molecule has 0 aliphatic heterocycles. The van der Waals surface area contributed by atoms with Crippen molar-refractivity contribution in [2.45, 2.75) is 25.7 Å². The molecule has 0 aliphatic carbocycles. The molecule has 0 atom stereocenters. The average molecular weight is 436 g/mol. The van der Waals surface area contributed by atoms with Crippen LogP contribution in [0.3, 0.4) is 0 Å². The Bertz CT molecular complexity index is 1120. The number of amides is 1. The van der Waals surface area contributed by atoms with E-state index in [1.54, 1.807) is 6.92 Å². The number of thiazole rings is 1. The summed E-state index contributed by atoms with van der Waals surface area (Å²) in [5.41, 5.74) is 3.07. The van der Waals surface area contributed by atoms with Crippen molar-refractivity contribution in [1.29, 1.82) is 0 Å². The zero-order chi connectivity index (χ0) is 20.5. The van der Waals surface area contributed by atoms with E-state index in [9.17, 15) is 13.2 Å². The summed E-state index contributed by atoms with van der Waals surface area (Å²) in [6.45, 7) is 5.48. The second-order valence-corrected chi connectivity index (χ2v) is 9.33. The van der Waals surface area contributed by atoms with Crippen LogP contribution >= 0.6 is 22.9 Å². The van der Waals surface area contributed by atoms with Crippen molar-refractivity contribution < 1.29 is 13.2 Å². The second-order valence-electron chi connectivity index (χ2n) is 6.21. The molecule has 3 aromatic rings. The molecule has 0 aliphatic rings. The van der Waals surface area contributed by atoms with Crippen LogP contribution in [0, 0.1) is 20.8 Å². The van der Waals surface area contributed by atoms with Gasteiger partial charge in [-0.1, -0.05) is 41.1 Å². The molecule has 1 amide bonds. The molecule has 6 nitrogen and oxygen atoms in total. The summed E-state index contributed by atoms with van der Waals surface area (Å²) < 4.78 is 27.4. The van der Waals surface area contributed by atoms with E-state index in [0.717, 1.165) is 28.2 Å². The van der Waals surface area contributed by atoms with Gasteiger partial charge in [0.2, 0.25) is 0 Å². The van der Waals surface area contributed by atoms with Crippen molar-refractivity contribution in [3.63, 3.8) is 0 Å². The Balaban J connectivity index is 1.83. The van der Waals surface area contributed by atoms with Crippen LogP contribution in [0.25, 0.3) is 0 Å². The van der Waals surface area contributed by atoms with Gasteiger partial charge in [-0.25, -0.2) is 13.4 Å². The van der Waals surface area contributed by atoms with Crippen LogP contribution in [0.2, 0.25) is 5.02 Å². The first-order valence-electron chi connectivity index (χ1n) is 8.31. The molecule has 1 heterocycles. The van der Waals surface area contributed by atoms with E-state index in [2.05, 4.69) is 15.0 Å². The normalized spacial score (nSPS) is 11.3. The number of aryl methyl sites for hydroxylation is 3. The number of hydrogen-bond acceptors (Lipinski definition) is 5. The number of aromatic nitrogens is 1. The molecule has 1 aromatic heterocycles. The quantitative estimate of drug-likeness (QED) is 0.603. The van der Waals surface area contributed by atoms with Crippen LogP contribution in [0.5, 0.6) is 0 Å². The minimum atomic E-state index is -3.82. The number of anilines is 2. The first-order chi connectivity index (χ1) is 13.2. The fourth-order valence-corrected chi connectivity index (χ4v) is 4.84. The van der Waals surface area contributed by atoms with Crippen LogP contribution in [0.1, 0.15) is 26.5 Å². The van der Waals surface area contributed by atoms with Crippen molar-refractivity contribution in [2.75, 3.05) is 10.0 Å². The van der Waals surface area contributed by atoms with Gasteiger partial charge < -0.3 is 5.32 Å². The molecule has 146 valence electrons. The van der Waals surface area contributed by atoms with Crippen LogP contribution in [-0.2, 0) is 10.0 Å². The Morgan fingerprint density at radius 3 is 2.25 bits per heavy atom. The molecule has 0 bridgehead atoms. The first kappa shape index (κ1) is 20.3. The lowest BCUT2D eigenvalue weighted by Crippen LogP contribution is -2.13. The maximum absolute atomic E-state index is 12.7. The second kappa shape index (κ2) is 7.90. The third-order valence-corrected chi connectivity index (χ3v) is 6.88. The summed E-state index contributed by atoms with van der Waals surface area (Å²) in [5.74, 6) is -0.329. The topological polar surface area (TPSA) is 88.2 Å². The predicted octanol–water partition coefficient (Wildman–Crippen LogP) is 4.77. The van der Waals surface area contributed by atoms with E-state index in [0.29, 0.717) is 15.6 Å². The van der Waals surface area contributed by atoms with Gasteiger partial charge in [0.15, 0.2) is 5.13 Å². The van der Waals surface area contributed by atoms with Crippen LogP contribution in [0.15, 0.2) is 47.4 Å². The molecule has 2 aromatic carbocycles. The number of benzene rings is 2. The Morgan fingerprint density at radius 1 is 1.04 bits per heavy atom. The maximum Gasteiger partial charge on any atom is 0.267 e. The number of rotatable bonds is 5. The summed E-state index contributed by atoms with van der Waals surface area (Å²) in [6.07, 6.45) is 0. The summed E-state index contributed by atoms with van der Waals surface area (Å²) in [6, 6.07) is 11.5. The zero-order valence-corrected chi connectivity index (χ0v) is 17.8.